The van der Waals surface area contributed by atoms with Crippen LogP contribution in [0.5, 0.6) is 11.5 Å². The van der Waals surface area contributed by atoms with E-state index in [1.54, 1.807) is 26.4 Å². The summed E-state index contributed by atoms with van der Waals surface area (Å²) in [5.41, 5.74) is -0.318. The van der Waals surface area contributed by atoms with Crippen LogP contribution >= 0.6 is 0 Å². The number of methoxy groups -OCH3 is 4. The van der Waals surface area contributed by atoms with E-state index in [1.165, 1.54) is 14.2 Å². The summed E-state index contributed by atoms with van der Waals surface area (Å²) in [5.74, 6) is -3.28. The Bertz CT molecular complexity index is 1440. The van der Waals surface area contributed by atoms with Crippen LogP contribution < -0.4 is 9.47 Å². The Morgan fingerprint density at radius 2 is 1.30 bits per heavy atom. The van der Waals surface area contributed by atoms with Crippen molar-refractivity contribution in [1.82, 2.24) is 0 Å². The zero-order chi connectivity index (χ0) is 32.1. The average molecular weight is 625 g/mol. The Kier molecular flexibility index (Phi) is 8.09. The third-order valence-corrected chi connectivity index (χ3v) is 13.4. The number of carbonyl (C=O) groups is 2. The summed E-state index contributed by atoms with van der Waals surface area (Å²) < 4.78 is 48.2. The van der Waals surface area contributed by atoms with Gasteiger partial charge in [0.15, 0.2) is 13.9 Å². The van der Waals surface area contributed by atoms with Gasteiger partial charge in [-0.05, 0) is 78.8 Å². The molecule has 0 N–H and O–H groups in total. The van der Waals surface area contributed by atoms with Gasteiger partial charge in [0.1, 0.15) is 23.2 Å². The van der Waals surface area contributed by atoms with Gasteiger partial charge in [-0.1, -0.05) is 20.8 Å². The first kappa shape index (κ1) is 31.9. The molecule has 10 nitrogen and oxygen atoms in total. The normalized spacial score (nSPS) is 25.7. The third kappa shape index (κ3) is 4.87. The highest BCUT2D eigenvalue weighted by atomic mass is 28.4. The molecule has 236 valence electrons. The van der Waals surface area contributed by atoms with Crippen molar-refractivity contribution in [2.75, 3.05) is 35.0 Å². The predicted octanol–water partition coefficient (Wildman–Crippen LogP) is 5.02. The van der Waals surface area contributed by atoms with Crippen LogP contribution in [-0.4, -0.2) is 72.8 Å². The lowest BCUT2D eigenvalue weighted by molar-refractivity contribution is -0.201. The van der Waals surface area contributed by atoms with Crippen molar-refractivity contribution in [3.8, 4) is 11.5 Å². The van der Waals surface area contributed by atoms with Crippen molar-refractivity contribution < 1.29 is 47.2 Å². The van der Waals surface area contributed by atoms with Crippen molar-refractivity contribution in [2.24, 2.45) is 0 Å². The van der Waals surface area contributed by atoms with E-state index in [4.69, 9.17) is 37.6 Å². The van der Waals surface area contributed by atoms with E-state index in [0.717, 1.165) is 0 Å². The highest BCUT2D eigenvalue weighted by Gasteiger charge is 2.70. The fourth-order valence-electron chi connectivity index (χ4n) is 5.64. The molecule has 0 unspecified atom stereocenters. The fourth-order valence-corrected chi connectivity index (χ4v) is 6.91. The second kappa shape index (κ2) is 11.1. The average Bonchev–Trinajstić information content (AvgIpc) is 3.70. The van der Waals surface area contributed by atoms with Crippen LogP contribution in [0.4, 0.5) is 0 Å². The second-order valence-electron chi connectivity index (χ2n) is 12.5. The van der Waals surface area contributed by atoms with E-state index in [2.05, 4.69) is 20.8 Å². The number of fused-ring (bicyclic) bond motifs is 2. The van der Waals surface area contributed by atoms with E-state index in [9.17, 15) is 9.59 Å². The molecule has 5 rings (SSSR count). The summed E-state index contributed by atoms with van der Waals surface area (Å²) in [6.07, 6.45) is 2.48. The van der Waals surface area contributed by atoms with Gasteiger partial charge in [0.25, 0.3) is 0 Å². The number of hydrogen-bond acceptors (Lipinski definition) is 10. The second-order valence-corrected chi connectivity index (χ2v) is 17.2. The first-order chi connectivity index (χ1) is 20.7. The molecular weight excluding hydrogens is 584 g/mol. The molecule has 0 saturated carbocycles. The minimum absolute atomic E-state index is 0.00643. The number of benzene rings is 2. The quantitative estimate of drug-likeness (QED) is 0.214. The van der Waals surface area contributed by atoms with Gasteiger partial charge in [-0.15, -0.1) is 0 Å². The Morgan fingerprint density at radius 3 is 1.75 bits per heavy atom. The van der Waals surface area contributed by atoms with E-state index in [-0.39, 0.29) is 22.8 Å². The van der Waals surface area contributed by atoms with Crippen molar-refractivity contribution in [2.45, 2.75) is 62.2 Å². The van der Waals surface area contributed by atoms with Crippen LogP contribution in [0, 0.1) is 0 Å². The molecular formula is C33H40O10Si. The van der Waals surface area contributed by atoms with Crippen LogP contribution in [0.15, 0.2) is 71.8 Å². The maximum Gasteiger partial charge on any atom is 0.340 e. The Balaban J connectivity index is 1.65. The summed E-state index contributed by atoms with van der Waals surface area (Å²) in [5, 5.41) is -0.246. The summed E-state index contributed by atoms with van der Waals surface area (Å²) in [6, 6.07) is 14.7. The zero-order valence-corrected chi connectivity index (χ0v) is 27.6. The Hall–Kier alpha value is -3.48. The summed E-state index contributed by atoms with van der Waals surface area (Å²) in [6.45, 7) is 10.3. The minimum atomic E-state index is -2.60. The van der Waals surface area contributed by atoms with Crippen LogP contribution in [0.3, 0.4) is 0 Å². The Morgan fingerprint density at radius 1 is 0.795 bits per heavy atom. The minimum Gasteiger partial charge on any atom is -0.497 e. The van der Waals surface area contributed by atoms with Gasteiger partial charge in [0, 0.05) is 11.1 Å². The summed E-state index contributed by atoms with van der Waals surface area (Å²) in [7, 11) is 3.08. The smallest absolute Gasteiger partial charge is 0.340 e. The fraction of sp³-hybridized carbons (Fsp3) is 0.455. The van der Waals surface area contributed by atoms with Gasteiger partial charge in [-0.3, -0.25) is 0 Å². The molecule has 2 aromatic carbocycles. The van der Waals surface area contributed by atoms with Gasteiger partial charge in [0.2, 0.25) is 11.6 Å². The molecule has 3 atom stereocenters. The highest BCUT2D eigenvalue weighted by molar-refractivity contribution is 6.74. The van der Waals surface area contributed by atoms with E-state index < -0.39 is 43.5 Å². The number of carbonyl (C=O) groups excluding carboxylic acids is 2. The Labute approximate surface area is 258 Å². The van der Waals surface area contributed by atoms with Gasteiger partial charge in [-0.2, -0.15) is 0 Å². The molecule has 0 amide bonds. The molecule has 11 heteroatoms. The van der Waals surface area contributed by atoms with Gasteiger partial charge in [0.05, 0.1) is 40.6 Å². The van der Waals surface area contributed by atoms with E-state index in [0.29, 0.717) is 22.6 Å². The van der Waals surface area contributed by atoms with Gasteiger partial charge < -0.3 is 37.6 Å². The first-order valence-electron chi connectivity index (χ1n) is 14.4. The molecule has 44 heavy (non-hydrogen) atoms. The maximum atomic E-state index is 13.6. The van der Waals surface area contributed by atoms with Crippen LogP contribution in [-0.2, 0) is 43.5 Å². The zero-order valence-electron chi connectivity index (χ0n) is 26.6. The van der Waals surface area contributed by atoms with Crippen LogP contribution in [0.25, 0.3) is 0 Å². The molecule has 1 fully saturated rings. The van der Waals surface area contributed by atoms with Crippen molar-refractivity contribution in [1.29, 1.82) is 0 Å². The molecule has 0 aliphatic carbocycles. The highest BCUT2D eigenvalue weighted by Crippen LogP contribution is 2.58. The lowest BCUT2D eigenvalue weighted by Crippen LogP contribution is -2.51. The number of rotatable bonds is 9. The van der Waals surface area contributed by atoms with Crippen LogP contribution in [0.1, 0.15) is 31.9 Å². The molecule has 3 aliphatic rings. The maximum absolute atomic E-state index is 13.6. The third-order valence-electron chi connectivity index (χ3n) is 9.02. The first-order valence-corrected chi connectivity index (χ1v) is 17.3. The summed E-state index contributed by atoms with van der Waals surface area (Å²) in [4.78, 5) is 27.0. The van der Waals surface area contributed by atoms with Crippen molar-refractivity contribution >= 4 is 20.3 Å². The topological polar surface area (TPSA) is 108 Å². The molecule has 2 bridgehead atoms. The number of ether oxygens (including phenoxy) is 7. The number of hydrogen-bond donors (Lipinski definition) is 0. The number of esters is 2. The van der Waals surface area contributed by atoms with E-state index >= 15 is 0 Å². The van der Waals surface area contributed by atoms with Gasteiger partial charge >= 0.3 is 11.9 Å². The molecule has 0 aromatic heterocycles. The standard InChI is InChI=1S/C33H40O10Si/c1-30(2,3)44(8,9)43-32-19-18-31(42-32,26(28(34)38-6)27(32)29(35)39-7)25-20-40-33(41-25,21-10-14-23(36-4)15-11-21)22-12-16-24(37-5)17-13-22/h10-19,25H,20H2,1-9H3/t25-,31+,32-/m0/s1. The van der Waals surface area contributed by atoms with Gasteiger partial charge in [-0.25, -0.2) is 9.59 Å². The summed E-state index contributed by atoms with van der Waals surface area (Å²) >= 11 is 0. The SMILES string of the molecule is COC(=O)C1=C(C(=O)OC)[C@]2([C@@H]3COC(c4ccc(OC)cc4)(c4ccc(OC)cc4)O3)C=C[C@@]1(O[Si](C)(C)C(C)(C)C)O2. The molecule has 3 heterocycles. The lowest BCUT2D eigenvalue weighted by Gasteiger charge is -2.42. The monoisotopic (exact) mass is 624 g/mol. The van der Waals surface area contributed by atoms with Crippen molar-refractivity contribution in [3.05, 3.63) is 83.0 Å². The molecule has 3 aliphatic heterocycles. The molecule has 0 radical (unpaired) electrons. The largest absolute Gasteiger partial charge is 0.497 e. The molecule has 0 spiro atoms. The van der Waals surface area contributed by atoms with Crippen LogP contribution in [0.2, 0.25) is 18.1 Å². The predicted molar refractivity (Wildman–Crippen MR) is 163 cm³/mol. The van der Waals surface area contributed by atoms with Crippen molar-refractivity contribution in [3.63, 3.8) is 0 Å². The molecule has 2 aromatic rings. The lowest BCUT2D eigenvalue weighted by atomic mass is 9.82. The van der Waals surface area contributed by atoms with E-state index in [1.807, 2.05) is 61.6 Å². The molecule has 1 saturated heterocycles.